The Balaban J connectivity index is 2.97. The third-order valence-electron chi connectivity index (χ3n) is 1.73. The zero-order valence-electron chi connectivity index (χ0n) is 8.14. The number of hydrogen-bond donors (Lipinski definition) is 1. The standard InChI is InChI=1S/C10H11O4P/c1-13-9-6-7(3-5-10(11)12)2-4-8(9)14-15/h2-6H,15H2,1H3,(H,11,12)/b5-3+. The van der Waals surface area contributed by atoms with E-state index in [1.165, 1.54) is 13.2 Å². The van der Waals surface area contributed by atoms with E-state index in [1.807, 2.05) is 0 Å². The van der Waals surface area contributed by atoms with Crippen molar-refractivity contribution in [2.75, 3.05) is 7.11 Å². The predicted octanol–water partition coefficient (Wildman–Crippen LogP) is 1.96. The molecule has 0 aliphatic carbocycles. The number of rotatable bonds is 4. The van der Waals surface area contributed by atoms with Crippen LogP contribution in [0.1, 0.15) is 5.56 Å². The lowest BCUT2D eigenvalue weighted by Gasteiger charge is -2.07. The molecule has 1 unspecified atom stereocenters. The van der Waals surface area contributed by atoms with Crippen molar-refractivity contribution < 1.29 is 19.2 Å². The molecule has 15 heavy (non-hydrogen) atoms. The summed E-state index contributed by atoms with van der Waals surface area (Å²) in [5.74, 6) is 0.146. The first kappa shape index (κ1) is 11.5. The molecule has 1 atom stereocenters. The topological polar surface area (TPSA) is 55.8 Å². The Morgan fingerprint density at radius 2 is 2.20 bits per heavy atom. The van der Waals surface area contributed by atoms with Crippen molar-refractivity contribution in [2.45, 2.75) is 0 Å². The lowest BCUT2D eigenvalue weighted by atomic mass is 10.2. The molecule has 0 aliphatic heterocycles. The summed E-state index contributed by atoms with van der Waals surface area (Å²) < 4.78 is 10.0. The van der Waals surface area contributed by atoms with E-state index in [1.54, 1.807) is 18.2 Å². The number of carbonyl (C=O) groups is 1. The first-order valence-corrected chi connectivity index (χ1v) is 4.60. The van der Waals surface area contributed by atoms with Gasteiger partial charge in [-0.3, -0.25) is 0 Å². The average molecular weight is 226 g/mol. The van der Waals surface area contributed by atoms with E-state index in [2.05, 4.69) is 9.47 Å². The summed E-state index contributed by atoms with van der Waals surface area (Å²) in [4.78, 5) is 10.3. The lowest BCUT2D eigenvalue weighted by molar-refractivity contribution is -0.131. The third-order valence-corrected chi connectivity index (χ3v) is 1.99. The second kappa shape index (κ2) is 5.37. The number of benzene rings is 1. The van der Waals surface area contributed by atoms with Crippen molar-refractivity contribution in [1.82, 2.24) is 0 Å². The zero-order valence-corrected chi connectivity index (χ0v) is 9.29. The monoisotopic (exact) mass is 226 g/mol. The van der Waals surface area contributed by atoms with E-state index in [9.17, 15) is 4.79 Å². The fraction of sp³-hybridized carbons (Fsp3) is 0.100. The molecule has 0 saturated heterocycles. The summed E-state index contributed by atoms with van der Waals surface area (Å²) in [5.41, 5.74) is 0.736. The number of methoxy groups -OCH3 is 1. The van der Waals surface area contributed by atoms with Gasteiger partial charge in [-0.1, -0.05) is 6.07 Å². The Bertz CT molecular complexity index is 387. The Morgan fingerprint density at radius 1 is 1.47 bits per heavy atom. The molecule has 1 aromatic carbocycles. The Labute approximate surface area is 89.8 Å². The maximum Gasteiger partial charge on any atom is 0.328 e. The number of hydrogen-bond acceptors (Lipinski definition) is 3. The van der Waals surface area contributed by atoms with Crippen LogP contribution in [0.2, 0.25) is 0 Å². The predicted molar refractivity (Wildman–Crippen MR) is 60.0 cm³/mol. The fourth-order valence-electron chi connectivity index (χ4n) is 1.05. The molecule has 0 aliphatic rings. The van der Waals surface area contributed by atoms with Gasteiger partial charge in [0.05, 0.1) is 16.6 Å². The van der Waals surface area contributed by atoms with E-state index in [0.29, 0.717) is 11.5 Å². The van der Waals surface area contributed by atoms with Gasteiger partial charge in [-0.2, -0.15) is 0 Å². The van der Waals surface area contributed by atoms with Crippen LogP contribution in [-0.2, 0) is 4.79 Å². The quantitative estimate of drug-likeness (QED) is 0.629. The molecule has 1 aromatic rings. The minimum absolute atomic E-state index is 0.553. The van der Waals surface area contributed by atoms with Gasteiger partial charge >= 0.3 is 5.97 Å². The van der Waals surface area contributed by atoms with Gasteiger partial charge in [0, 0.05) is 6.08 Å². The first-order valence-electron chi connectivity index (χ1n) is 4.13. The normalized spacial score (nSPS) is 10.3. The third kappa shape index (κ3) is 3.26. The van der Waals surface area contributed by atoms with Crippen molar-refractivity contribution in [2.24, 2.45) is 0 Å². The molecule has 0 radical (unpaired) electrons. The molecule has 0 spiro atoms. The highest BCUT2D eigenvalue weighted by molar-refractivity contribution is 7.10. The Kier molecular flexibility index (Phi) is 4.13. The number of carboxylic acids is 1. The maximum atomic E-state index is 10.3. The van der Waals surface area contributed by atoms with E-state index >= 15 is 0 Å². The van der Waals surface area contributed by atoms with Crippen molar-refractivity contribution in [3.05, 3.63) is 29.8 Å². The van der Waals surface area contributed by atoms with Gasteiger partial charge in [0.1, 0.15) is 0 Å². The van der Waals surface area contributed by atoms with Crippen LogP contribution < -0.4 is 9.26 Å². The molecule has 4 nitrogen and oxygen atoms in total. The van der Waals surface area contributed by atoms with E-state index in [-0.39, 0.29) is 0 Å². The maximum absolute atomic E-state index is 10.3. The summed E-state index contributed by atoms with van der Waals surface area (Å²) >= 11 is 0. The smallest absolute Gasteiger partial charge is 0.328 e. The number of carboxylic acid groups (broad SMARTS) is 1. The molecular weight excluding hydrogens is 215 g/mol. The van der Waals surface area contributed by atoms with Crippen molar-refractivity contribution in [1.29, 1.82) is 0 Å². The number of aliphatic carboxylic acids is 1. The van der Waals surface area contributed by atoms with Crippen molar-refractivity contribution >= 4 is 21.5 Å². The molecule has 0 heterocycles. The summed E-state index contributed by atoms with van der Waals surface area (Å²) in [6, 6.07) is 5.13. The molecule has 80 valence electrons. The van der Waals surface area contributed by atoms with E-state index in [0.717, 1.165) is 11.6 Å². The zero-order chi connectivity index (χ0) is 11.3. The van der Waals surface area contributed by atoms with Crippen LogP contribution in [0.5, 0.6) is 11.5 Å². The minimum atomic E-state index is -0.986. The SMILES string of the molecule is COc1cc(/C=C/C(=O)O)ccc1OP. The molecule has 0 bridgehead atoms. The number of ether oxygens (including phenoxy) is 1. The van der Waals surface area contributed by atoms with Crippen LogP contribution in [0.3, 0.4) is 0 Å². The highest BCUT2D eigenvalue weighted by Crippen LogP contribution is 2.29. The Morgan fingerprint density at radius 3 is 2.73 bits per heavy atom. The molecule has 0 amide bonds. The molecule has 0 fully saturated rings. The highest BCUT2D eigenvalue weighted by atomic mass is 31.0. The highest BCUT2D eigenvalue weighted by Gasteiger charge is 2.02. The van der Waals surface area contributed by atoms with Gasteiger partial charge in [-0.05, 0) is 23.8 Å². The van der Waals surface area contributed by atoms with Gasteiger partial charge in [-0.15, -0.1) is 0 Å². The summed E-state index contributed by atoms with van der Waals surface area (Å²) in [7, 11) is 3.64. The van der Waals surface area contributed by atoms with Gasteiger partial charge in [0.15, 0.2) is 11.5 Å². The molecule has 1 N–H and O–H groups in total. The average Bonchev–Trinajstić information content (AvgIpc) is 2.25. The van der Waals surface area contributed by atoms with Crippen molar-refractivity contribution in [3.63, 3.8) is 0 Å². The summed E-state index contributed by atoms with van der Waals surface area (Å²) in [6.45, 7) is 0. The van der Waals surface area contributed by atoms with Gasteiger partial charge in [-0.25, -0.2) is 4.79 Å². The van der Waals surface area contributed by atoms with Crippen LogP contribution in [0.15, 0.2) is 24.3 Å². The van der Waals surface area contributed by atoms with Gasteiger partial charge in [0.25, 0.3) is 0 Å². The minimum Gasteiger partial charge on any atom is -0.493 e. The molecule has 0 aromatic heterocycles. The van der Waals surface area contributed by atoms with Crippen LogP contribution in [0.4, 0.5) is 0 Å². The summed E-state index contributed by atoms with van der Waals surface area (Å²) in [5, 5.41) is 8.46. The van der Waals surface area contributed by atoms with Crippen LogP contribution in [-0.4, -0.2) is 18.2 Å². The van der Waals surface area contributed by atoms with E-state index < -0.39 is 5.97 Å². The molecule has 5 heteroatoms. The van der Waals surface area contributed by atoms with Gasteiger partial charge in [0.2, 0.25) is 0 Å². The molecule has 1 rings (SSSR count). The Hall–Kier alpha value is -1.54. The first-order chi connectivity index (χ1) is 7.17. The second-order valence-corrected chi connectivity index (χ2v) is 2.94. The molecular formula is C10H11O4P. The van der Waals surface area contributed by atoms with Crippen molar-refractivity contribution in [3.8, 4) is 11.5 Å². The van der Waals surface area contributed by atoms with Crippen LogP contribution >= 0.6 is 9.47 Å². The largest absolute Gasteiger partial charge is 0.493 e. The summed E-state index contributed by atoms with van der Waals surface area (Å²) in [6.07, 6.45) is 2.55. The lowest BCUT2D eigenvalue weighted by Crippen LogP contribution is -1.88. The van der Waals surface area contributed by atoms with Crippen LogP contribution in [0, 0.1) is 0 Å². The second-order valence-electron chi connectivity index (χ2n) is 2.70. The van der Waals surface area contributed by atoms with E-state index in [4.69, 9.17) is 14.4 Å². The van der Waals surface area contributed by atoms with Crippen LogP contribution in [0.25, 0.3) is 6.08 Å². The fourth-order valence-corrected chi connectivity index (χ4v) is 1.25. The van der Waals surface area contributed by atoms with Gasteiger partial charge < -0.3 is 14.4 Å². The molecule has 0 saturated carbocycles.